The average molecular weight is 236 g/mol. The van der Waals surface area contributed by atoms with E-state index in [9.17, 15) is 0 Å². The summed E-state index contributed by atoms with van der Waals surface area (Å²) in [5, 5.41) is 2.92. The Hall–Kier alpha value is -0.320. The van der Waals surface area contributed by atoms with Crippen LogP contribution in [-0.4, -0.2) is 13.3 Å². The lowest BCUT2D eigenvalue weighted by Crippen LogP contribution is -1.97. The molecule has 1 N–H and O–H groups in total. The molecule has 0 rings (SSSR count). The summed E-state index contributed by atoms with van der Waals surface area (Å²) in [4.78, 5) is 3.89. The molecule has 50 valence electrons. The fourth-order valence-electron chi connectivity index (χ4n) is 0.234. The van der Waals surface area contributed by atoms with Crippen LogP contribution >= 0.6 is 22.6 Å². The second-order valence-corrected chi connectivity index (χ2v) is 2.42. The smallest absolute Gasteiger partial charge is 0.0914 e. The van der Waals surface area contributed by atoms with Crippen LogP contribution in [0.15, 0.2) is 27.6 Å². The van der Waals surface area contributed by atoms with Crippen molar-refractivity contribution in [2.45, 2.75) is 0 Å². The lowest BCUT2D eigenvalue weighted by Gasteiger charge is -1.89. The molecule has 0 fully saturated rings. The van der Waals surface area contributed by atoms with Gasteiger partial charge in [-0.2, -0.15) is 0 Å². The van der Waals surface area contributed by atoms with Gasteiger partial charge in [0, 0.05) is 13.3 Å². The van der Waals surface area contributed by atoms with Crippen LogP contribution in [-0.2, 0) is 0 Å². The highest BCUT2D eigenvalue weighted by molar-refractivity contribution is 14.1. The first kappa shape index (κ1) is 8.68. The fourth-order valence-corrected chi connectivity index (χ4v) is 0.395. The molecule has 0 aliphatic heterocycles. The van der Waals surface area contributed by atoms with E-state index in [1.165, 1.54) is 0 Å². The Morgan fingerprint density at radius 2 is 2.44 bits per heavy atom. The molecular formula is C6H9IN2. The van der Waals surface area contributed by atoms with Crippen LogP contribution in [0, 0.1) is 0 Å². The van der Waals surface area contributed by atoms with Gasteiger partial charge in [-0.05, 0) is 22.6 Å². The molecule has 0 atom stereocenters. The minimum absolute atomic E-state index is 1.01. The highest BCUT2D eigenvalue weighted by Gasteiger charge is 1.76. The van der Waals surface area contributed by atoms with Crippen molar-refractivity contribution in [2.24, 2.45) is 4.99 Å². The van der Waals surface area contributed by atoms with Crippen molar-refractivity contribution in [1.82, 2.24) is 5.32 Å². The molecule has 0 bridgehead atoms. The van der Waals surface area contributed by atoms with E-state index in [-0.39, 0.29) is 0 Å². The van der Waals surface area contributed by atoms with Crippen LogP contribution in [0.1, 0.15) is 0 Å². The largest absolute Gasteiger partial charge is 0.382 e. The van der Waals surface area contributed by atoms with Crippen LogP contribution in [0.4, 0.5) is 0 Å². The lowest BCUT2D eigenvalue weighted by atomic mass is 10.7. The molecule has 0 saturated carbocycles. The second-order valence-electron chi connectivity index (χ2n) is 1.26. The number of rotatable bonds is 3. The van der Waals surface area contributed by atoms with Crippen LogP contribution in [0.5, 0.6) is 0 Å². The van der Waals surface area contributed by atoms with E-state index >= 15 is 0 Å². The maximum absolute atomic E-state index is 3.89. The first-order chi connectivity index (χ1) is 4.31. The van der Waals surface area contributed by atoms with E-state index < -0.39 is 0 Å². The molecule has 0 radical (unpaired) electrons. The maximum atomic E-state index is 3.89. The Labute approximate surface area is 68.9 Å². The minimum atomic E-state index is 1.01. The third-order valence-electron chi connectivity index (χ3n) is 0.618. The predicted octanol–water partition coefficient (Wildman–Crippen LogP) is 1.70. The molecule has 0 aromatic rings. The molecule has 0 unspecified atom stereocenters. The van der Waals surface area contributed by atoms with Crippen molar-refractivity contribution in [3.63, 3.8) is 0 Å². The van der Waals surface area contributed by atoms with Crippen molar-refractivity contribution in [3.05, 3.63) is 22.6 Å². The molecule has 3 heteroatoms. The summed E-state index contributed by atoms with van der Waals surface area (Å²) in [6.45, 7) is 3.48. The van der Waals surface area contributed by atoms with Crippen LogP contribution in [0.2, 0.25) is 0 Å². The number of nitrogens with one attached hydrogen (secondary N) is 1. The summed E-state index contributed by atoms with van der Waals surface area (Å²) in [6, 6.07) is 0. The molecule has 0 aromatic heterocycles. The topological polar surface area (TPSA) is 24.4 Å². The van der Waals surface area contributed by atoms with Crippen LogP contribution < -0.4 is 5.32 Å². The number of nitrogens with zero attached hydrogens (tertiary/aromatic N) is 1. The monoisotopic (exact) mass is 236 g/mol. The molecule has 0 saturated heterocycles. The number of hydrogen-bond acceptors (Lipinski definition) is 2. The first-order valence-corrected chi connectivity index (χ1v) is 3.56. The first-order valence-electron chi connectivity index (χ1n) is 2.49. The normalized spacial score (nSPS) is 12.0. The van der Waals surface area contributed by atoms with Gasteiger partial charge in [-0.1, -0.05) is 12.7 Å². The summed E-state index contributed by atoms with van der Waals surface area (Å²) < 4.78 is 1.01. The molecule has 0 aromatic carbocycles. The lowest BCUT2D eigenvalue weighted by molar-refractivity contribution is 1.08. The van der Waals surface area contributed by atoms with Gasteiger partial charge in [-0.15, -0.1) is 0 Å². The van der Waals surface area contributed by atoms with Crippen LogP contribution in [0.25, 0.3) is 0 Å². The Morgan fingerprint density at radius 3 is 2.89 bits per heavy atom. The van der Waals surface area contributed by atoms with Crippen molar-refractivity contribution >= 4 is 28.8 Å². The Bertz CT molecular complexity index is 138. The standard InChI is InChI=1S/C6H9IN2/c1-3-4-9-5-6(7)8-2/h3-5,8H,1H2,2H3/b6-5-,9-4-. The van der Waals surface area contributed by atoms with E-state index in [1.54, 1.807) is 18.5 Å². The van der Waals surface area contributed by atoms with Gasteiger partial charge < -0.3 is 5.32 Å². The number of aliphatic imine (C=N–C) groups is 1. The van der Waals surface area contributed by atoms with Crippen molar-refractivity contribution < 1.29 is 0 Å². The Balaban J connectivity index is 3.67. The molecular weight excluding hydrogens is 227 g/mol. The second kappa shape index (κ2) is 5.81. The molecule has 2 nitrogen and oxygen atoms in total. The summed E-state index contributed by atoms with van der Waals surface area (Å²) >= 11 is 2.15. The van der Waals surface area contributed by atoms with Gasteiger partial charge in [0.2, 0.25) is 0 Å². The van der Waals surface area contributed by atoms with E-state index in [4.69, 9.17) is 0 Å². The zero-order valence-corrected chi connectivity index (χ0v) is 7.42. The highest BCUT2D eigenvalue weighted by Crippen LogP contribution is 1.97. The van der Waals surface area contributed by atoms with Gasteiger partial charge in [0.1, 0.15) is 0 Å². The zero-order chi connectivity index (χ0) is 7.11. The van der Waals surface area contributed by atoms with Gasteiger partial charge in [-0.3, -0.25) is 4.99 Å². The van der Waals surface area contributed by atoms with E-state index in [1.807, 2.05) is 7.05 Å². The SMILES string of the molecule is C=C/C=N\C=C(\I)NC. The molecule has 0 amide bonds. The molecule has 9 heavy (non-hydrogen) atoms. The van der Waals surface area contributed by atoms with Gasteiger partial charge in [0.15, 0.2) is 0 Å². The number of hydrogen-bond donors (Lipinski definition) is 1. The van der Waals surface area contributed by atoms with E-state index in [0.717, 1.165) is 3.70 Å². The quantitative estimate of drug-likeness (QED) is 0.450. The van der Waals surface area contributed by atoms with Gasteiger partial charge in [-0.25, -0.2) is 0 Å². The number of halogens is 1. The summed E-state index contributed by atoms with van der Waals surface area (Å²) in [7, 11) is 1.85. The maximum Gasteiger partial charge on any atom is 0.0914 e. The zero-order valence-electron chi connectivity index (χ0n) is 5.26. The van der Waals surface area contributed by atoms with Gasteiger partial charge >= 0.3 is 0 Å². The molecule has 0 heterocycles. The molecule has 0 aliphatic carbocycles. The third kappa shape index (κ3) is 5.55. The summed E-state index contributed by atoms with van der Waals surface area (Å²) in [6.07, 6.45) is 4.99. The Morgan fingerprint density at radius 1 is 1.78 bits per heavy atom. The van der Waals surface area contributed by atoms with Crippen molar-refractivity contribution in [3.8, 4) is 0 Å². The fraction of sp³-hybridized carbons (Fsp3) is 0.167. The van der Waals surface area contributed by atoms with Gasteiger partial charge in [0.05, 0.1) is 9.90 Å². The molecule has 0 aliphatic rings. The van der Waals surface area contributed by atoms with E-state index in [2.05, 4.69) is 39.5 Å². The van der Waals surface area contributed by atoms with Gasteiger partial charge in [0.25, 0.3) is 0 Å². The van der Waals surface area contributed by atoms with E-state index in [0.29, 0.717) is 0 Å². The summed E-state index contributed by atoms with van der Waals surface area (Å²) in [5.74, 6) is 0. The molecule has 0 spiro atoms. The Kier molecular flexibility index (Phi) is 5.60. The predicted molar refractivity (Wildman–Crippen MR) is 49.9 cm³/mol. The minimum Gasteiger partial charge on any atom is -0.382 e. The van der Waals surface area contributed by atoms with Crippen molar-refractivity contribution in [1.29, 1.82) is 0 Å². The third-order valence-corrected chi connectivity index (χ3v) is 1.44. The average Bonchev–Trinajstić information content (AvgIpc) is 1.89. The summed E-state index contributed by atoms with van der Waals surface area (Å²) in [5.41, 5.74) is 0. The highest BCUT2D eigenvalue weighted by atomic mass is 127. The number of allylic oxidation sites excluding steroid dienone is 1. The van der Waals surface area contributed by atoms with Crippen LogP contribution in [0.3, 0.4) is 0 Å². The van der Waals surface area contributed by atoms with Crippen molar-refractivity contribution in [2.75, 3.05) is 7.05 Å².